The number of amides is 1. The molecular weight excluding hydrogens is 410 g/mol. The van der Waals surface area contributed by atoms with Crippen LogP contribution in [-0.2, 0) is 4.74 Å². The summed E-state index contributed by atoms with van der Waals surface area (Å²) in [5.74, 6) is 0.156. The van der Waals surface area contributed by atoms with Gasteiger partial charge in [-0.1, -0.05) is 38.1 Å². The smallest absolute Gasteiger partial charge is 0.255 e. The third kappa shape index (κ3) is 4.51. The molecule has 2 aromatic rings. The van der Waals surface area contributed by atoms with Crippen LogP contribution in [0.4, 0.5) is 0 Å². The van der Waals surface area contributed by atoms with Gasteiger partial charge < -0.3 is 19.5 Å². The van der Waals surface area contributed by atoms with Crippen LogP contribution in [0, 0.1) is 5.41 Å². The summed E-state index contributed by atoms with van der Waals surface area (Å²) < 4.78 is 15.8. The number of carbonyl (C=O) groups excluding carboxylic acids is 3. The molecule has 7 nitrogen and oxygen atoms in total. The lowest BCUT2D eigenvalue weighted by atomic mass is 9.78. The van der Waals surface area contributed by atoms with E-state index in [4.69, 9.17) is 14.2 Å². The number of carbonyl (C=O) groups is 3. The third-order valence-electron chi connectivity index (χ3n) is 5.41. The topological polar surface area (TPSA) is 90.9 Å². The van der Waals surface area contributed by atoms with Crippen molar-refractivity contribution in [3.05, 3.63) is 70.5 Å². The Morgan fingerprint density at radius 1 is 0.906 bits per heavy atom. The first kappa shape index (κ1) is 23.1. The van der Waals surface area contributed by atoms with Crippen LogP contribution in [-0.4, -0.2) is 45.3 Å². The first-order valence-electron chi connectivity index (χ1n) is 10.2. The second-order valence-corrected chi connectivity index (χ2v) is 8.31. The average Bonchev–Trinajstić information content (AvgIpc) is 2.80. The number of allylic oxidation sites excluding steroid dienone is 2. The molecular formula is C25H27NO6. The monoisotopic (exact) mass is 437 g/mol. The van der Waals surface area contributed by atoms with Gasteiger partial charge in [-0.05, 0) is 30.0 Å². The number of hydrogen-bond acceptors (Lipinski definition) is 6. The minimum absolute atomic E-state index is 0.0579. The van der Waals surface area contributed by atoms with Crippen LogP contribution in [0.5, 0.6) is 11.5 Å². The van der Waals surface area contributed by atoms with Crippen molar-refractivity contribution >= 4 is 17.5 Å². The molecule has 2 aromatic carbocycles. The fraction of sp³-hybridized carbons (Fsp3) is 0.320. The number of hydrogen-bond donors (Lipinski definition) is 1. The van der Waals surface area contributed by atoms with Gasteiger partial charge in [0.1, 0.15) is 11.5 Å². The fourth-order valence-corrected chi connectivity index (χ4v) is 3.73. The normalized spacial score (nSPS) is 13.5. The molecule has 32 heavy (non-hydrogen) atoms. The van der Waals surface area contributed by atoms with Crippen LogP contribution in [0.1, 0.15) is 51.3 Å². The minimum atomic E-state index is -0.539. The second-order valence-electron chi connectivity index (χ2n) is 8.31. The Balaban J connectivity index is 1.80. The summed E-state index contributed by atoms with van der Waals surface area (Å²) in [6.07, 6.45) is 0.255. The quantitative estimate of drug-likeness (QED) is 0.675. The van der Waals surface area contributed by atoms with Crippen molar-refractivity contribution in [1.82, 2.24) is 5.32 Å². The Kier molecular flexibility index (Phi) is 6.67. The molecule has 3 rings (SSSR count). The maximum Gasteiger partial charge on any atom is 0.255 e. The van der Waals surface area contributed by atoms with Gasteiger partial charge in [-0.3, -0.25) is 14.4 Å². The lowest BCUT2D eigenvalue weighted by molar-refractivity contribution is 0.0890. The molecule has 0 saturated carbocycles. The molecule has 0 unspecified atom stereocenters. The zero-order chi connectivity index (χ0) is 23.5. The Hall–Kier alpha value is -3.61. The number of benzene rings is 2. The largest absolute Gasteiger partial charge is 0.497 e. The molecule has 0 saturated heterocycles. The number of methoxy groups -OCH3 is 3. The molecule has 0 radical (unpaired) electrons. The lowest BCUT2D eigenvalue weighted by Crippen LogP contribution is -2.36. The third-order valence-corrected chi connectivity index (χ3v) is 5.41. The highest BCUT2D eigenvalue weighted by Gasteiger charge is 2.36. The van der Waals surface area contributed by atoms with Gasteiger partial charge in [0.15, 0.2) is 11.5 Å². The molecule has 0 aromatic heterocycles. The molecule has 7 heteroatoms. The van der Waals surface area contributed by atoms with Crippen molar-refractivity contribution in [3.63, 3.8) is 0 Å². The highest BCUT2D eigenvalue weighted by atomic mass is 16.5. The number of ether oxygens (including phenoxy) is 3. The van der Waals surface area contributed by atoms with E-state index < -0.39 is 5.41 Å². The van der Waals surface area contributed by atoms with Crippen LogP contribution >= 0.6 is 0 Å². The van der Waals surface area contributed by atoms with Crippen molar-refractivity contribution in [3.8, 4) is 11.5 Å². The van der Waals surface area contributed by atoms with Crippen molar-refractivity contribution in [1.29, 1.82) is 0 Å². The van der Waals surface area contributed by atoms with Gasteiger partial charge in [0.05, 0.1) is 26.9 Å². The van der Waals surface area contributed by atoms with Crippen LogP contribution in [0.2, 0.25) is 0 Å². The van der Waals surface area contributed by atoms with E-state index in [-0.39, 0.29) is 36.2 Å². The summed E-state index contributed by atoms with van der Waals surface area (Å²) in [5.41, 5.74) is 0.832. The van der Waals surface area contributed by atoms with Crippen LogP contribution in [0.15, 0.2) is 53.8 Å². The number of Topliss-reactive ketones (excluding diaryl/α,β-unsaturated/α-hetero) is 2. The Morgan fingerprint density at radius 2 is 1.56 bits per heavy atom. The molecule has 168 valence electrons. The fourth-order valence-electron chi connectivity index (χ4n) is 3.73. The maximum absolute atomic E-state index is 13.1. The molecule has 0 bridgehead atoms. The summed E-state index contributed by atoms with van der Waals surface area (Å²) in [5, 5.41) is 2.90. The van der Waals surface area contributed by atoms with Crippen molar-refractivity contribution in [2.75, 3.05) is 27.9 Å². The predicted octanol–water partition coefficient (Wildman–Crippen LogP) is 3.83. The molecule has 0 spiro atoms. The van der Waals surface area contributed by atoms with Gasteiger partial charge in [-0.25, -0.2) is 0 Å². The highest BCUT2D eigenvalue weighted by Crippen LogP contribution is 2.34. The van der Waals surface area contributed by atoms with Crippen molar-refractivity contribution < 1.29 is 28.6 Å². The zero-order valence-corrected chi connectivity index (χ0v) is 18.9. The molecule has 0 aliphatic heterocycles. The van der Waals surface area contributed by atoms with Crippen LogP contribution in [0.3, 0.4) is 0 Å². The van der Waals surface area contributed by atoms with E-state index >= 15 is 0 Å². The number of ketones is 2. The van der Waals surface area contributed by atoms with E-state index in [0.717, 1.165) is 0 Å². The first-order valence-corrected chi connectivity index (χ1v) is 10.2. The predicted molar refractivity (Wildman–Crippen MR) is 119 cm³/mol. The zero-order valence-electron chi connectivity index (χ0n) is 18.9. The summed E-state index contributed by atoms with van der Waals surface area (Å²) in [6, 6.07) is 11.7. The summed E-state index contributed by atoms with van der Waals surface area (Å²) >= 11 is 0. The molecule has 1 N–H and O–H groups in total. The van der Waals surface area contributed by atoms with Gasteiger partial charge >= 0.3 is 0 Å². The highest BCUT2D eigenvalue weighted by molar-refractivity contribution is 6.26. The number of fused-ring (bicyclic) bond motifs is 1. The minimum Gasteiger partial charge on any atom is -0.497 e. The van der Waals surface area contributed by atoms with Crippen molar-refractivity contribution in [2.24, 2.45) is 5.41 Å². The number of rotatable bonds is 8. The van der Waals surface area contributed by atoms with Crippen LogP contribution in [0.25, 0.3) is 0 Å². The van der Waals surface area contributed by atoms with E-state index in [0.29, 0.717) is 33.8 Å². The molecule has 1 aliphatic carbocycles. The Morgan fingerprint density at radius 3 is 2.16 bits per heavy atom. The first-order chi connectivity index (χ1) is 15.2. The van der Waals surface area contributed by atoms with Gasteiger partial charge in [0.25, 0.3) is 5.91 Å². The van der Waals surface area contributed by atoms with Gasteiger partial charge in [-0.2, -0.15) is 0 Å². The SMILES string of the molecule is COC1=C(CC(C)(C)CNC(=O)c2cc(OC)ccc2OC)C(=O)c2ccccc2C1=O. The molecule has 1 amide bonds. The molecule has 1 aliphatic rings. The number of nitrogens with one attached hydrogen (secondary N) is 1. The standard InChI is InChI=1S/C25H27NO6/c1-25(2,14-26-24(29)18-12-15(30-3)10-11-20(18)31-4)13-19-21(27)16-8-6-7-9-17(16)22(28)23(19)32-5/h6-12H,13-14H2,1-5H3,(H,26,29). The van der Waals surface area contributed by atoms with E-state index in [1.807, 2.05) is 13.8 Å². The van der Waals surface area contributed by atoms with Crippen LogP contribution < -0.4 is 14.8 Å². The molecule has 0 fully saturated rings. The molecule has 0 atom stereocenters. The van der Waals surface area contributed by atoms with Gasteiger partial charge in [0, 0.05) is 23.2 Å². The van der Waals surface area contributed by atoms with E-state index in [1.165, 1.54) is 21.3 Å². The maximum atomic E-state index is 13.1. The van der Waals surface area contributed by atoms with Gasteiger partial charge in [-0.15, -0.1) is 0 Å². The average molecular weight is 437 g/mol. The Bertz CT molecular complexity index is 1100. The van der Waals surface area contributed by atoms with Gasteiger partial charge in [0.2, 0.25) is 5.78 Å². The summed E-state index contributed by atoms with van der Waals surface area (Å²) in [4.78, 5) is 38.8. The Labute approximate surface area is 187 Å². The van der Waals surface area contributed by atoms with E-state index in [9.17, 15) is 14.4 Å². The summed E-state index contributed by atoms with van der Waals surface area (Å²) in [6.45, 7) is 4.08. The van der Waals surface area contributed by atoms with Crippen molar-refractivity contribution in [2.45, 2.75) is 20.3 Å². The second kappa shape index (κ2) is 9.26. The summed E-state index contributed by atoms with van der Waals surface area (Å²) in [7, 11) is 4.40. The lowest BCUT2D eigenvalue weighted by Gasteiger charge is -2.29. The van der Waals surface area contributed by atoms with E-state index in [1.54, 1.807) is 42.5 Å². The van der Waals surface area contributed by atoms with E-state index in [2.05, 4.69) is 5.32 Å². The molecule has 0 heterocycles.